The van der Waals surface area contributed by atoms with E-state index in [-0.39, 0.29) is 0 Å². The number of aromatic amines is 2. The maximum absolute atomic E-state index is 4.81. The van der Waals surface area contributed by atoms with E-state index in [1.54, 1.807) is 31.1 Å². The van der Waals surface area contributed by atoms with Crippen LogP contribution in [0.2, 0.25) is 0 Å². The van der Waals surface area contributed by atoms with Crippen LogP contribution in [0.25, 0.3) is 50.5 Å². The second-order valence-electron chi connectivity index (χ2n) is 6.97. The summed E-state index contributed by atoms with van der Waals surface area (Å²) in [5, 5.41) is 8.46. The molecule has 0 saturated carbocycles. The lowest BCUT2D eigenvalue weighted by atomic mass is 10.1. The van der Waals surface area contributed by atoms with Gasteiger partial charge in [-0.1, -0.05) is 0 Å². The van der Waals surface area contributed by atoms with Crippen LogP contribution in [0.3, 0.4) is 0 Å². The van der Waals surface area contributed by atoms with Crippen LogP contribution in [0, 0.1) is 6.92 Å². The maximum atomic E-state index is 4.81. The van der Waals surface area contributed by atoms with Gasteiger partial charge in [0.2, 0.25) is 0 Å². The van der Waals surface area contributed by atoms with Crippen LogP contribution in [-0.2, 0) is 0 Å². The minimum Gasteiger partial charge on any atom is -0.336 e. The average molecular weight is 393 g/mol. The number of hydrogen-bond donors (Lipinski definition) is 2. The molecule has 0 aliphatic heterocycles. The van der Waals surface area contributed by atoms with E-state index >= 15 is 0 Å². The van der Waals surface area contributed by atoms with E-state index in [1.807, 2.05) is 42.0 Å². The van der Waals surface area contributed by atoms with E-state index in [2.05, 4.69) is 35.1 Å². The lowest BCUT2D eigenvalue weighted by molar-refractivity contribution is 1.00. The van der Waals surface area contributed by atoms with Crippen LogP contribution < -0.4 is 0 Å². The Bertz CT molecular complexity index is 1510. The van der Waals surface area contributed by atoms with E-state index in [0.717, 1.165) is 44.6 Å². The van der Waals surface area contributed by atoms with E-state index in [1.165, 1.54) is 0 Å². The summed E-state index contributed by atoms with van der Waals surface area (Å²) >= 11 is 0. The molecule has 0 aliphatic carbocycles. The summed E-state index contributed by atoms with van der Waals surface area (Å²) in [5.41, 5.74) is 5.87. The first-order chi connectivity index (χ1) is 14.8. The van der Waals surface area contributed by atoms with Crippen molar-refractivity contribution in [2.75, 3.05) is 0 Å². The number of hydrogen-bond acceptors (Lipinski definition) is 6. The minimum atomic E-state index is 0.658. The zero-order valence-corrected chi connectivity index (χ0v) is 15.9. The Morgan fingerprint density at radius 2 is 1.97 bits per heavy atom. The van der Waals surface area contributed by atoms with Gasteiger partial charge in [0.05, 0.1) is 28.6 Å². The molecule has 0 unspecified atom stereocenters. The van der Waals surface area contributed by atoms with Gasteiger partial charge in [-0.25, -0.2) is 15.0 Å². The highest BCUT2D eigenvalue weighted by Crippen LogP contribution is 2.29. The van der Waals surface area contributed by atoms with Gasteiger partial charge in [0.1, 0.15) is 17.5 Å². The average Bonchev–Trinajstić information content (AvgIpc) is 3.51. The maximum Gasteiger partial charge on any atom is 0.166 e. The zero-order valence-electron chi connectivity index (χ0n) is 15.9. The molecular formula is C21H15N9. The van der Waals surface area contributed by atoms with Crippen molar-refractivity contribution in [1.29, 1.82) is 0 Å². The topological polar surface area (TPSA) is 114 Å². The number of fused-ring (bicyclic) bond motifs is 2. The number of aromatic nitrogens is 9. The SMILES string of the molecule is Cc1cn(-c2nccc3[nH]c(-c4n[nH]c5cnc(-c6cccnc6)cc45)nc23)cn1. The molecule has 6 rings (SSSR count). The Morgan fingerprint density at radius 1 is 1.00 bits per heavy atom. The highest BCUT2D eigenvalue weighted by atomic mass is 15.2. The highest BCUT2D eigenvalue weighted by Gasteiger charge is 2.16. The van der Waals surface area contributed by atoms with Gasteiger partial charge in [0, 0.05) is 35.7 Å². The summed E-state index contributed by atoms with van der Waals surface area (Å²) in [7, 11) is 0. The van der Waals surface area contributed by atoms with Crippen molar-refractivity contribution in [2.45, 2.75) is 6.92 Å². The van der Waals surface area contributed by atoms with Gasteiger partial charge < -0.3 is 4.98 Å². The van der Waals surface area contributed by atoms with Crippen LogP contribution in [0.5, 0.6) is 0 Å². The molecule has 0 saturated heterocycles. The predicted octanol–water partition coefficient (Wildman–Crippen LogP) is 3.45. The van der Waals surface area contributed by atoms with Crippen molar-refractivity contribution < 1.29 is 0 Å². The van der Waals surface area contributed by atoms with Gasteiger partial charge in [0.25, 0.3) is 0 Å². The number of H-pyrrole nitrogens is 2. The largest absolute Gasteiger partial charge is 0.336 e. The Kier molecular flexibility index (Phi) is 3.48. The van der Waals surface area contributed by atoms with Crippen molar-refractivity contribution in [3.63, 3.8) is 0 Å². The monoisotopic (exact) mass is 393 g/mol. The van der Waals surface area contributed by atoms with Crippen molar-refractivity contribution >= 4 is 21.9 Å². The Morgan fingerprint density at radius 3 is 2.80 bits per heavy atom. The van der Waals surface area contributed by atoms with Crippen LogP contribution in [0.4, 0.5) is 0 Å². The minimum absolute atomic E-state index is 0.658. The smallest absolute Gasteiger partial charge is 0.166 e. The summed E-state index contributed by atoms with van der Waals surface area (Å²) in [6, 6.07) is 7.77. The molecule has 30 heavy (non-hydrogen) atoms. The molecule has 0 bridgehead atoms. The van der Waals surface area contributed by atoms with Gasteiger partial charge in [-0.05, 0) is 31.2 Å². The first kappa shape index (κ1) is 16.5. The van der Waals surface area contributed by atoms with Gasteiger partial charge in [0.15, 0.2) is 11.6 Å². The summed E-state index contributed by atoms with van der Waals surface area (Å²) in [5.74, 6) is 1.37. The van der Waals surface area contributed by atoms with Crippen molar-refractivity contribution in [1.82, 2.24) is 44.7 Å². The van der Waals surface area contributed by atoms with Gasteiger partial charge in [-0.3, -0.25) is 19.6 Å². The zero-order chi connectivity index (χ0) is 20.1. The summed E-state index contributed by atoms with van der Waals surface area (Å²) < 4.78 is 1.87. The number of imidazole rings is 2. The third-order valence-corrected chi connectivity index (χ3v) is 4.97. The molecule has 2 N–H and O–H groups in total. The number of nitrogens with zero attached hydrogens (tertiary/aromatic N) is 7. The fourth-order valence-corrected chi connectivity index (χ4v) is 3.53. The van der Waals surface area contributed by atoms with Crippen molar-refractivity contribution in [3.05, 3.63) is 67.3 Å². The lowest BCUT2D eigenvalue weighted by Gasteiger charge is -2.00. The Labute approximate surface area is 169 Å². The molecule has 0 spiro atoms. The first-order valence-electron chi connectivity index (χ1n) is 9.37. The predicted molar refractivity (Wildman–Crippen MR) is 112 cm³/mol. The Hall–Kier alpha value is -4.40. The van der Waals surface area contributed by atoms with E-state index in [9.17, 15) is 0 Å². The normalized spacial score (nSPS) is 11.5. The second-order valence-corrected chi connectivity index (χ2v) is 6.97. The molecule has 0 fully saturated rings. The molecule has 0 atom stereocenters. The fourth-order valence-electron chi connectivity index (χ4n) is 3.53. The Balaban J connectivity index is 1.52. The molecule has 9 nitrogen and oxygen atoms in total. The quantitative estimate of drug-likeness (QED) is 0.476. The first-order valence-corrected chi connectivity index (χ1v) is 9.37. The van der Waals surface area contributed by atoms with E-state index < -0.39 is 0 Å². The van der Waals surface area contributed by atoms with E-state index in [0.29, 0.717) is 11.6 Å². The lowest BCUT2D eigenvalue weighted by Crippen LogP contribution is -1.95. The van der Waals surface area contributed by atoms with Crippen LogP contribution in [0.1, 0.15) is 5.69 Å². The molecule has 0 aliphatic rings. The number of nitrogens with one attached hydrogen (secondary N) is 2. The third kappa shape index (κ3) is 2.56. The summed E-state index contributed by atoms with van der Waals surface area (Å²) in [4.78, 5) is 25.7. The van der Waals surface area contributed by atoms with Gasteiger partial charge in [-0.2, -0.15) is 5.10 Å². The van der Waals surface area contributed by atoms with Gasteiger partial charge in [-0.15, -0.1) is 0 Å². The highest BCUT2D eigenvalue weighted by molar-refractivity contribution is 5.95. The number of rotatable bonds is 3. The molecular weight excluding hydrogens is 378 g/mol. The molecule has 144 valence electrons. The standard InChI is InChI=1S/C21H15N9/c1-12-10-30(11-25-12)21-19-15(4-6-23-21)26-20(27-19)18-14-7-16(13-3-2-5-22-8-13)24-9-17(14)28-29-18/h2-11H,1H3,(H,26,27)(H,28,29). The molecule has 0 radical (unpaired) electrons. The molecule has 6 heterocycles. The number of pyridine rings is 3. The van der Waals surface area contributed by atoms with Crippen molar-refractivity contribution in [3.8, 4) is 28.6 Å². The van der Waals surface area contributed by atoms with Gasteiger partial charge >= 0.3 is 0 Å². The fraction of sp³-hybridized carbons (Fsp3) is 0.0476. The van der Waals surface area contributed by atoms with Crippen LogP contribution in [0.15, 0.2) is 61.6 Å². The molecule has 0 aromatic carbocycles. The second kappa shape index (κ2) is 6.31. The molecule has 0 amide bonds. The van der Waals surface area contributed by atoms with Crippen molar-refractivity contribution in [2.24, 2.45) is 0 Å². The summed E-state index contributed by atoms with van der Waals surface area (Å²) in [6.45, 7) is 1.94. The molecule has 6 aromatic heterocycles. The molecule has 9 heteroatoms. The summed E-state index contributed by atoms with van der Waals surface area (Å²) in [6.07, 6.45) is 10.7. The molecule has 6 aromatic rings. The van der Waals surface area contributed by atoms with E-state index in [4.69, 9.17) is 4.98 Å². The van der Waals surface area contributed by atoms with Crippen LogP contribution in [-0.4, -0.2) is 44.7 Å². The van der Waals surface area contributed by atoms with Crippen LogP contribution >= 0.6 is 0 Å². The third-order valence-electron chi connectivity index (χ3n) is 4.97. The number of aryl methyl sites for hydroxylation is 1.